The van der Waals surface area contributed by atoms with Crippen LogP contribution in [0.4, 0.5) is 0 Å². The van der Waals surface area contributed by atoms with Gasteiger partial charge in [-0.2, -0.15) is 0 Å². The van der Waals surface area contributed by atoms with Crippen LogP contribution in [0.25, 0.3) is 0 Å². The van der Waals surface area contributed by atoms with Crippen LogP contribution in [0.15, 0.2) is 0 Å². The Balaban J connectivity index is 2.27. The number of nitrogens with zero attached hydrogens (tertiary/aromatic N) is 2. The Hall–Kier alpha value is -0.160. The first-order chi connectivity index (χ1) is 6.81. The van der Waals surface area contributed by atoms with Gasteiger partial charge in [-0.15, -0.1) is 0 Å². The molecule has 14 heavy (non-hydrogen) atoms. The van der Waals surface area contributed by atoms with Crippen LogP contribution in [0.5, 0.6) is 0 Å². The highest BCUT2D eigenvalue weighted by Crippen LogP contribution is 2.07. The standard InChI is InChI=1S/C10H23N3O/c1-2-10(9-11)13-5-3-12(4-6-13)7-8-14/h10,14H,2-9,11H2,1H3. The van der Waals surface area contributed by atoms with Gasteiger partial charge in [-0.25, -0.2) is 0 Å². The number of aliphatic hydroxyl groups excluding tert-OH is 1. The molecule has 0 aromatic heterocycles. The van der Waals surface area contributed by atoms with Crippen LogP contribution in [-0.2, 0) is 0 Å². The van der Waals surface area contributed by atoms with Crippen LogP contribution in [0.3, 0.4) is 0 Å². The normalized spacial score (nSPS) is 22.5. The lowest BCUT2D eigenvalue weighted by Gasteiger charge is -2.38. The summed E-state index contributed by atoms with van der Waals surface area (Å²) in [6.07, 6.45) is 1.14. The number of piperazine rings is 1. The van der Waals surface area contributed by atoms with Gasteiger partial charge in [0.25, 0.3) is 0 Å². The van der Waals surface area contributed by atoms with E-state index in [2.05, 4.69) is 16.7 Å². The summed E-state index contributed by atoms with van der Waals surface area (Å²) in [4.78, 5) is 4.77. The molecule has 1 saturated heterocycles. The van der Waals surface area contributed by atoms with Crippen LogP contribution in [0, 0.1) is 0 Å². The van der Waals surface area contributed by atoms with Crippen molar-refractivity contribution in [1.29, 1.82) is 0 Å². The van der Waals surface area contributed by atoms with Crippen LogP contribution < -0.4 is 5.73 Å². The first kappa shape index (κ1) is 11.9. The number of hydrogen-bond donors (Lipinski definition) is 2. The summed E-state index contributed by atoms with van der Waals surface area (Å²) in [5.41, 5.74) is 5.71. The Morgan fingerprint density at radius 2 is 1.93 bits per heavy atom. The van der Waals surface area contributed by atoms with Crippen molar-refractivity contribution in [3.63, 3.8) is 0 Å². The van der Waals surface area contributed by atoms with Crippen molar-refractivity contribution in [3.8, 4) is 0 Å². The Labute approximate surface area is 86.7 Å². The molecule has 0 aromatic rings. The zero-order chi connectivity index (χ0) is 10.4. The zero-order valence-corrected chi connectivity index (χ0v) is 9.15. The maximum Gasteiger partial charge on any atom is 0.0558 e. The average molecular weight is 201 g/mol. The lowest BCUT2D eigenvalue weighted by Crippen LogP contribution is -2.52. The number of aliphatic hydroxyl groups is 1. The summed E-state index contributed by atoms with van der Waals surface area (Å²) >= 11 is 0. The summed E-state index contributed by atoms with van der Waals surface area (Å²) < 4.78 is 0. The van der Waals surface area contributed by atoms with Gasteiger partial charge in [-0.3, -0.25) is 9.80 Å². The largest absolute Gasteiger partial charge is 0.395 e. The third-order valence-corrected chi connectivity index (χ3v) is 3.08. The molecule has 1 aliphatic rings. The molecule has 0 aromatic carbocycles. The van der Waals surface area contributed by atoms with E-state index in [9.17, 15) is 0 Å². The molecule has 1 fully saturated rings. The van der Waals surface area contributed by atoms with E-state index in [-0.39, 0.29) is 6.61 Å². The van der Waals surface area contributed by atoms with Crippen LogP contribution in [-0.4, -0.2) is 66.8 Å². The van der Waals surface area contributed by atoms with E-state index in [1.54, 1.807) is 0 Å². The van der Waals surface area contributed by atoms with Gasteiger partial charge in [0.2, 0.25) is 0 Å². The topological polar surface area (TPSA) is 52.7 Å². The molecule has 1 unspecified atom stereocenters. The fraction of sp³-hybridized carbons (Fsp3) is 1.00. The quantitative estimate of drug-likeness (QED) is 0.620. The van der Waals surface area contributed by atoms with E-state index in [1.807, 2.05) is 0 Å². The predicted octanol–water partition coefficient (Wildman–Crippen LogP) is -0.666. The molecule has 0 aliphatic carbocycles. The summed E-state index contributed by atoms with van der Waals surface area (Å²) in [6.45, 7) is 8.36. The van der Waals surface area contributed by atoms with Crippen LogP contribution >= 0.6 is 0 Å². The van der Waals surface area contributed by atoms with Gasteiger partial charge in [-0.05, 0) is 6.42 Å². The van der Waals surface area contributed by atoms with Crippen molar-refractivity contribution in [2.24, 2.45) is 5.73 Å². The first-order valence-electron chi connectivity index (χ1n) is 5.59. The summed E-state index contributed by atoms with van der Waals surface area (Å²) in [6, 6.07) is 0.547. The molecule has 3 N–H and O–H groups in total. The smallest absolute Gasteiger partial charge is 0.0558 e. The molecule has 0 radical (unpaired) electrons. The second-order valence-electron chi connectivity index (χ2n) is 3.90. The van der Waals surface area contributed by atoms with Crippen LogP contribution in [0.2, 0.25) is 0 Å². The molecule has 1 atom stereocenters. The van der Waals surface area contributed by atoms with Gasteiger partial charge in [0.05, 0.1) is 6.61 Å². The summed E-state index contributed by atoms with van der Waals surface area (Å²) in [5.74, 6) is 0. The maximum atomic E-state index is 8.81. The average Bonchev–Trinajstić information content (AvgIpc) is 2.23. The van der Waals surface area contributed by atoms with Gasteiger partial charge in [-0.1, -0.05) is 6.92 Å². The van der Waals surface area contributed by atoms with E-state index < -0.39 is 0 Å². The van der Waals surface area contributed by atoms with E-state index in [0.29, 0.717) is 6.04 Å². The molecule has 4 nitrogen and oxygen atoms in total. The number of hydrogen-bond acceptors (Lipinski definition) is 4. The van der Waals surface area contributed by atoms with Crippen molar-refractivity contribution in [2.45, 2.75) is 19.4 Å². The lowest BCUT2D eigenvalue weighted by molar-refractivity contribution is 0.0845. The zero-order valence-electron chi connectivity index (χ0n) is 9.15. The highest BCUT2D eigenvalue weighted by atomic mass is 16.3. The lowest BCUT2D eigenvalue weighted by atomic mass is 10.1. The number of β-amino-alcohol motifs (C(OH)–C–C–N with tert-alkyl or cyclic N) is 1. The summed E-state index contributed by atoms with van der Waals surface area (Å²) in [7, 11) is 0. The van der Waals surface area contributed by atoms with Gasteiger partial charge in [0, 0.05) is 45.3 Å². The monoisotopic (exact) mass is 201 g/mol. The first-order valence-corrected chi connectivity index (χ1v) is 5.59. The SMILES string of the molecule is CCC(CN)N1CCN(CCO)CC1. The highest BCUT2D eigenvalue weighted by Gasteiger charge is 2.20. The minimum absolute atomic E-state index is 0.272. The van der Waals surface area contributed by atoms with Gasteiger partial charge in [0.1, 0.15) is 0 Å². The Morgan fingerprint density at radius 3 is 2.36 bits per heavy atom. The minimum atomic E-state index is 0.272. The fourth-order valence-electron chi connectivity index (χ4n) is 2.07. The van der Waals surface area contributed by atoms with Crippen molar-refractivity contribution < 1.29 is 5.11 Å². The molecular formula is C10H23N3O. The third kappa shape index (κ3) is 3.20. The number of rotatable bonds is 5. The summed E-state index contributed by atoms with van der Waals surface area (Å²) in [5, 5.41) is 8.81. The molecule has 1 heterocycles. The van der Waals surface area contributed by atoms with E-state index >= 15 is 0 Å². The van der Waals surface area contributed by atoms with E-state index in [0.717, 1.165) is 45.7 Å². The molecular weight excluding hydrogens is 178 g/mol. The molecule has 1 aliphatic heterocycles. The second kappa shape index (κ2) is 6.35. The van der Waals surface area contributed by atoms with Gasteiger partial charge < -0.3 is 10.8 Å². The Morgan fingerprint density at radius 1 is 1.29 bits per heavy atom. The minimum Gasteiger partial charge on any atom is -0.395 e. The van der Waals surface area contributed by atoms with Crippen molar-refractivity contribution in [2.75, 3.05) is 45.9 Å². The van der Waals surface area contributed by atoms with Crippen molar-refractivity contribution >= 4 is 0 Å². The van der Waals surface area contributed by atoms with Gasteiger partial charge >= 0.3 is 0 Å². The molecule has 0 spiro atoms. The van der Waals surface area contributed by atoms with E-state index in [1.165, 1.54) is 0 Å². The van der Waals surface area contributed by atoms with Crippen molar-refractivity contribution in [3.05, 3.63) is 0 Å². The third-order valence-electron chi connectivity index (χ3n) is 3.08. The molecule has 0 amide bonds. The van der Waals surface area contributed by atoms with Crippen LogP contribution in [0.1, 0.15) is 13.3 Å². The predicted molar refractivity (Wildman–Crippen MR) is 58.2 cm³/mol. The fourth-order valence-corrected chi connectivity index (χ4v) is 2.07. The Bertz CT molecular complexity index is 142. The molecule has 84 valence electrons. The maximum absolute atomic E-state index is 8.81. The highest BCUT2D eigenvalue weighted by molar-refractivity contribution is 4.78. The number of nitrogens with two attached hydrogens (primary N) is 1. The Kier molecular flexibility index (Phi) is 5.40. The molecule has 4 heteroatoms. The van der Waals surface area contributed by atoms with Gasteiger partial charge in [0.15, 0.2) is 0 Å². The van der Waals surface area contributed by atoms with E-state index in [4.69, 9.17) is 10.8 Å². The van der Waals surface area contributed by atoms with Crippen molar-refractivity contribution in [1.82, 2.24) is 9.80 Å². The molecule has 0 saturated carbocycles. The molecule has 0 bridgehead atoms. The second-order valence-corrected chi connectivity index (χ2v) is 3.90. The molecule has 1 rings (SSSR count).